The third-order valence-corrected chi connectivity index (χ3v) is 3.98. The molecule has 0 atom stereocenters. The van der Waals surface area contributed by atoms with Gasteiger partial charge >= 0.3 is 0 Å². The van der Waals surface area contributed by atoms with E-state index in [1.165, 1.54) is 11.9 Å². The summed E-state index contributed by atoms with van der Waals surface area (Å²) >= 11 is 0. The Morgan fingerprint density at radius 3 is 2.37 bits per heavy atom. The maximum Gasteiger partial charge on any atom is 0.248 e. The quantitative estimate of drug-likeness (QED) is 0.783. The van der Waals surface area contributed by atoms with Gasteiger partial charge in [-0.2, -0.15) is 0 Å². The summed E-state index contributed by atoms with van der Waals surface area (Å²) in [4.78, 5) is 26.4. The zero-order chi connectivity index (χ0) is 13.6. The molecule has 0 aromatic heterocycles. The second kappa shape index (κ2) is 4.06. The average Bonchev–Trinajstić information content (AvgIpc) is 3.15. The number of anilines is 1. The van der Waals surface area contributed by atoms with Gasteiger partial charge in [-0.15, -0.1) is 0 Å². The van der Waals surface area contributed by atoms with Crippen LogP contribution in [0.5, 0.6) is 0 Å². The predicted octanol–water partition coefficient (Wildman–Crippen LogP) is 0.439. The molecule has 2 N–H and O–H groups in total. The van der Waals surface area contributed by atoms with Crippen LogP contribution in [-0.2, 0) is 15.1 Å². The van der Waals surface area contributed by atoms with Crippen LogP contribution in [-0.4, -0.2) is 36.9 Å². The summed E-state index contributed by atoms with van der Waals surface area (Å²) in [5.74, 6) is -0.342. The molecule has 19 heavy (non-hydrogen) atoms. The van der Waals surface area contributed by atoms with Crippen LogP contribution < -0.4 is 10.6 Å². The molecule has 1 aromatic carbocycles. The summed E-state index contributed by atoms with van der Waals surface area (Å²) < 4.78 is 0. The van der Waals surface area contributed by atoms with Crippen molar-refractivity contribution in [3.63, 3.8) is 0 Å². The van der Waals surface area contributed by atoms with Crippen LogP contribution in [0.15, 0.2) is 24.3 Å². The van der Waals surface area contributed by atoms with Crippen LogP contribution in [0.25, 0.3) is 0 Å². The highest BCUT2D eigenvalue weighted by Crippen LogP contribution is 2.43. The molecule has 1 saturated heterocycles. The highest BCUT2D eigenvalue weighted by Gasteiger charge is 2.40. The summed E-state index contributed by atoms with van der Waals surface area (Å²) in [5, 5.41) is 0. The Kier molecular flexibility index (Phi) is 2.60. The van der Waals surface area contributed by atoms with E-state index in [4.69, 9.17) is 5.73 Å². The summed E-state index contributed by atoms with van der Waals surface area (Å²) in [6.45, 7) is 0.479. The van der Waals surface area contributed by atoms with E-state index in [1.54, 1.807) is 4.90 Å². The molecule has 1 saturated carbocycles. The van der Waals surface area contributed by atoms with E-state index >= 15 is 0 Å². The lowest BCUT2D eigenvalue weighted by Crippen LogP contribution is -2.52. The fraction of sp³-hybridized carbons (Fsp3) is 0.429. The maximum atomic E-state index is 11.7. The Morgan fingerprint density at radius 1 is 1.16 bits per heavy atom. The highest BCUT2D eigenvalue weighted by molar-refractivity contribution is 6.02. The highest BCUT2D eigenvalue weighted by atomic mass is 16.2. The number of piperazine rings is 1. The summed E-state index contributed by atoms with van der Waals surface area (Å²) in [7, 11) is 1.53. The van der Waals surface area contributed by atoms with E-state index in [0.29, 0.717) is 0 Å². The topological polar surface area (TPSA) is 66.6 Å². The Hall–Kier alpha value is -1.88. The average molecular weight is 259 g/mol. The molecule has 5 heteroatoms. The number of carbonyl (C=O) groups is 2. The zero-order valence-corrected chi connectivity index (χ0v) is 10.9. The van der Waals surface area contributed by atoms with E-state index in [2.05, 4.69) is 0 Å². The number of benzene rings is 1. The van der Waals surface area contributed by atoms with Crippen LogP contribution in [0.4, 0.5) is 5.69 Å². The van der Waals surface area contributed by atoms with E-state index in [-0.39, 0.29) is 30.4 Å². The van der Waals surface area contributed by atoms with Crippen molar-refractivity contribution in [2.75, 3.05) is 25.0 Å². The van der Waals surface area contributed by atoms with Crippen molar-refractivity contribution >= 4 is 17.5 Å². The SMILES string of the molecule is CN1C(=O)CN(c2cccc(C3(N)CC3)c2)CC1=O. The third-order valence-electron chi connectivity index (χ3n) is 3.98. The molecular weight excluding hydrogens is 242 g/mol. The van der Waals surface area contributed by atoms with Crippen LogP contribution in [0.3, 0.4) is 0 Å². The molecule has 1 heterocycles. The van der Waals surface area contributed by atoms with Crippen LogP contribution in [0, 0.1) is 0 Å². The number of amides is 2. The van der Waals surface area contributed by atoms with Crippen molar-refractivity contribution in [2.24, 2.45) is 5.73 Å². The first-order valence-corrected chi connectivity index (χ1v) is 6.43. The number of hydrogen-bond acceptors (Lipinski definition) is 4. The van der Waals surface area contributed by atoms with E-state index in [9.17, 15) is 9.59 Å². The van der Waals surface area contributed by atoms with E-state index in [0.717, 1.165) is 24.1 Å². The van der Waals surface area contributed by atoms with Crippen molar-refractivity contribution in [1.82, 2.24) is 4.90 Å². The fourth-order valence-electron chi connectivity index (χ4n) is 2.35. The van der Waals surface area contributed by atoms with Gasteiger partial charge in [0.1, 0.15) is 0 Å². The molecule has 0 unspecified atom stereocenters. The summed E-state index contributed by atoms with van der Waals surface area (Å²) in [6.07, 6.45) is 1.99. The van der Waals surface area contributed by atoms with Crippen molar-refractivity contribution < 1.29 is 9.59 Å². The van der Waals surface area contributed by atoms with Gasteiger partial charge < -0.3 is 10.6 Å². The number of likely N-dealkylation sites (N-methyl/N-ethyl adjacent to an activating group) is 1. The molecule has 2 aliphatic rings. The number of hydrogen-bond donors (Lipinski definition) is 1. The van der Waals surface area contributed by atoms with Crippen molar-refractivity contribution in [3.8, 4) is 0 Å². The van der Waals surface area contributed by atoms with Crippen molar-refractivity contribution in [2.45, 2.75) is 18.4 Å². The molecule has 0 radical (unpaired) electrons. The Morgan fingerprint density at radius 2 is 1.79 bits per heavy atom. The minimum absolute atomic E-state index is 0.171. The van der Waals surface area contributed by atoms with Gasteiger partial charge in [-0.3, -0.25) is 14.5 Å². The summed E-state index contributed by atoms with van der Waals surface area (Å²) in [5.41, 5.74) is 7.96. The number of carbonyl (C=O) groups excluding carboxylic acids is 2. The molecule has 1 aliphatic heterocycles. The molecule has 5 nitrogen and oxygen atoms in total. The molecule has 2 fully saturated rings. The standard InChI is InChI=1S/C14H17N3O2/c1-16-12(18)8-17(9-13(16)19)11-4-2-3-10(7-11)14(15)5-6-14/h2-4,7H,5-6,8-9,15H2,1H3. The normalized spacial score (nSPS) is 21.8. The van der Waals surface area contributed by atoms with Gasteiger partial charge in [-0.1, -0.05) is 12.1 Å². The molecule has 3 rings (SSSR count). The first kappa shape index (κ1) is 12.2. The van der Waals surface area contributed by atoms with Crippen molar-refractivity contribution in [1.29, 1.82) is 0 Å². The zero-order valence-electron chi connectivity index (χ0n) is 10.9. The lowest BCUT2D eigenvalue weighted by Gasteiger charge is -2.32. The van der Waals surface area contributed by atoms with Crippen LogP contribution in [0.2, 0.25) is 0 Å². The number of nitrogens with two attached hydrogens (primary N) is 1. The van der Waals surface area contributed by atoms with Gasteiger partial charge in [0.15, 0.2) is 0 Å². The first-order valence-electron chi connectivity index (χ1n) is 6.43. The smallest absolute Gasteiger partial charge is 0.248 e. The maximum absolute atomic E-state index is 11.7. The third kappa shape index (κ3) is 2.10. The van der Waals surface area contributed by atoms with E-state index < -0.39 is 0 Å². The van der Waals surface area contributed by atoms with Crippen molar-refractivity contribution in [3.05, 3.63) is 29.8 Å². The molecule has 0 bridgehead atoms. The Balaban J connectivity index is 1.86. The van der Waals surface area contributed by atoms with E-state index in [1.807, 2.05) is 24.3 Å². The fourth-order valence-corrected chi connectivity index (χ4v) is 2.35. The van der Waals surface area contributed by atoms with Crippen LogP contribution >= 0.6 is 0 Å². The Bertz CT molecular complexity index is 533. The Labute approximate surface area is 112 Å². The molecular formula is C14H17N3O2. The molecule has 0 spiro atoms. The molecule has 100 valence electrons. The van der Waals surface area contributed by atoms with Gasteiger partial charge in [-0.05, 0) is 30.5 Å². The number of nitrogens with zero attached hydrogens (tertiary/aromatic N) is 2. The molecule has 1 aromatic rings. The first-order chi connectivity index (χ1) is 8.99. The minimum Gasteiger partial charge on any atom is -0.353 e. The largest absolute Gasteiger partial charge is 0.353 e. The predicted molar refractivity (Wildman–Crippen MR) is 71.5 cm³/mol. The van der Waals surface area contributed by atoms with Gasteiger partial charge in [-0.25, -0.2) is 0 Å². The van der Waals surface area contributed by atoms with Crippen LogP contribution in [0.1, 0.15) is 18.4 Å². The summed E-state index contributed by atoms with van der Waals surface area (Å²) in [6, 6.07) is 7.86. The van der Waals surface area contributed by atoms with Gasteiger partial charge in [0.05, 0.1) is 13.1 Å². The number of rotatable bonds is 2. The molecule has 2 amide bonds. The number of imide groups is 1. The minimum atomic E-state index is -0.198. The monoisotopic (exact) mass is 259 g/mol. The van der Waals surface area contributed by atoms with Gasteiger partial charge in [0.2, 0.25) is 11.8 Å². The molecule has 1 aliphatic carbocycles. The van der Waals surface area contributed by atoms with Gasteiger partial charge in [0.25, 0.3) is 0 Å². The van der Waals surface area contributed by atoms with Gasteiger partial charge in [0, 0.05) is 18.3 Å². The second-order valence-corrected chi connectivity index (χ2v) is 5.41. The lowest BCUT2D eigenvalue weighted by atomic mass is 10.0. The lowest BCUT2D eigenvalue weighted by molar-refractivity contribution is -0.143. The second-order valence-electron chi connectivity index (χ2n) is 5.41.